The Morgan fingerprint density at radius 1 is 1.38 bits per heavy atom. The Morgan fingerprint density at radius 3 is 2.75 bits per heavy atom. The van der Waals surface area contributed by atoms with E-state index in [2.05, 4.69) is 10.1 Å². The molecular weight excluding hydrogens is 202 g/mol. The first-order valence-corrected chi connectivity index (χ1v) is 5.24. The highest BCUT2D eigenvalue weighted by molar-refractivity contribution is 5.97. The normalized spacial score (nSPS) is 10.3. The van der Waals surface area contributed by atoms with Crippen LogP contribution in [0.2, 0.25) is 0 Å². The molecule has 0 atom stereocenters. The van der Waals surface area contributed by atoms with Crippen molar-refractivity contribution in [3.05, 3.63) is 48.0 Å². The minimum Gasteiger partial charge on any atom is -0.294 e. The van der Waals surface area contributed by atoms with Gasteiger partial charge in [-0.25, -0.2) is 0 Å². The van der Waals surface area contributed by atoms with Crippen molar-refractivity contribution in [3.8, 4) is 0 Å². The highest BCUT2D eigenvalue weighted by Gasteiger charge is 2.07. The van der Waals surface area contributed by atoms with Gasteiger partial charge in [-0.05, 0) is 24.6 Å². The number of rotatable bonds is 4. The minimum absolute atomic E-state index is 0.0954. The molecule has 0 saturated heterocycles. The van der Waals surface area contributed by atoms with Crippen molar-refractivity contribution in [2.75, 3.05) is 0 Å². The zero-order chi connectivity index (χ0) is 11.4. The molecule has 2 aromatic rings. The second kappa shape index (κ2) is 4.70. The average molecular weight is 215 g/mol. The number of Topliss-reactive ketones (excluding diaryl/α,β-unsaturated/α-hetero) is 1. The van der Waals surface area contributed by atoms with E-state index in [9.17, 15) is 4.79 Å². The fraction of sp³-hybridized carbons (Fsp3) is 0.250. The van der Waals surface area contributed by atoms with E-state index in [4.69, 9.17) is 0 Å². The van der Waals surface area contributed by atoms with Crippen LogP contribution in [0.3, 0.4) is 0 Å². The summed E-state index contributed by atoms with van der Waals surface area (Å²) in [6, 6.07) is 3.46. The molecule has 2 aromatic heterocycles. The molecule has 0 unspecified atom stereocenters. The van der Waals surface area contributed by atoms with Gasteiger partial charge in [0.1, 0.15) is 0 Å². The molecule has 4 nitrogen and oxygen atoms in total. The molecule has 2 heterocycles. The molecule has 0 amide bonds. The summed E-state index contributed by atoms with van der Waals surface area (Å²) in [4.78, 5) is 15.7. The smallest absolute Gasteiger partial charge is 0.167 e. The molecule has 0 spiro atoms. The van der Waals surface area contributed by atoms with Crippen molar-refractivity contribution < 1.29 is 4.79 Å². The largest absolute Gasteiger partial charge is 0.294 e. The van der Waals surface area contributed by atoms with Crippen LogP contribution in [0.4, 0.5) is 0 Å². The summed E-state index contributed by atoms with van der Waals surface area (Å²) in [7, 11) is 0. The molecule has 0 saturated carbocycles. The predicted octanol–water partition coefficient (Wildman–Crippen LogP) is 1.72. The van der Waals surface area contributed by atoms with Crippen LogP contribution >= 0.6 is 0 Å². The molecule has 2 rings (SSSR count). The van der Waals surface area contributed by atoms with E-state index in [1.807, 2.05) is 17.8 Å². The third-order valence-electron chi connectivity index (χ3n) is 2.38. The van der Waals surface area contributed by atoms with Crippen LogP contribution < -0.4 is 0 Å². The minimum atomic E-state index is 0.0954. The standard InChI is InChI=1S/C12H13N3O/c1-2-15-9-10(8-14-15)7-12(16)11-3-5-13-6-4-11/h3-6,8-9H,2,7H2,1H3. The van der Waals surface area contributed by atoms with Crippen LogP contribution in [-0.4, -0.2) is 20.5 Å². The molecular formula is C12H13N3O. The van der Waals surface area contributed by atoms with Crippen molar-refractivity contribution in [2.24, 2.45) is 0 Å². The van der Waals surface area contributed by atoms with Gasteiger partial charge in [0.2, 0.25) is 0 Å². The lowest BCUT2D eigenvalue weighted by atomic mass is 10.1. The fourth-order valence-electron chi connectivity index (χ4n) is 1.50. The Kier molecular flexibility index (Phi) is 3.10. The van der Waals surface area contributed by atoms with Gasteiger partial charge in [0.05, 0.1) is 6.20 Å². The summed E-state index contributed by atoms with van der Waals surface area (Å²) < 4.78 is 1.81. The number of hydrogen-bond acceptors (Lipinski definition) is 3. The maximum Gasteiger partial charge on any atom is 0.167 e. The third kappa shape index (κ3) is 2.34. The van der Waals surface area contributed by atoms with Gasteiger partial charge < -0.3 is 0 Å². The summed E-state index contributed by atoms with van der Waals surface area (Å²) in [6.07, 6.45) is 7.29. The molecule has 82 valence electrons. The Hall–Kier alpha value is -1.97. The van der Waals surface area contributed by atoms with Crippen LogP contribution in [0.1, 0.15) is 22.8 Å². The Morgan fingerprint density at radius 2 is 2.12 bits per heavy atom. The van der Waals surface area contributed by atoms with E-state index in [1.165, 1.54) is 0 Å². The summed E-state index contributed by atoms with van der Waals surface area (Å²) >= 11 is 0. The number of carbonyl (C=O) groups excluding carboxylic acids is 1. The van der Waals surface area contributed by atoms with E-state index in [1.54, 1.807) is 30.7 Å². The van der Waals surface area contributed by atoms with E-state index in [0.29, 0.717) is 12.0 Å². The second-order valence-electron chi connectivity index (χ2n) is 3.54. The number of hydrogen-bond donors (Lipinski definition) is 0. The third-order valence-corrected chi connectivity index (χ3v) is 2.38. The first kappa shape index (κ1) is 10.5. The van der Waals surface area contributed by atoms with Crippen molar-refractivity contribution >= 4 is 5.78 Å². The van der Waals surface area contributed by atoms with Crippen molar-refractivity contribution in [2.45, 2.75) is 19.9 Å². The van der Waals surface area contributed by atoms with Crippen LogP contribution in [0.25, 0.3) is 0 Å². The average Bonchev–Trinajstić information content (AvgIpc) is 2.78. The summed E-state index contributed by atoms with van der Waals surface area (Å²) in [5.74, 6) is 0.0954. The van der Waals surface area contributed by atoms with Crippen molar-refractivity contribution in [3.63, 3.8) is 0 Å². The topological polar surface area (TPSA) is 47.8 Å². The van der Waals surface area contributed by atoms with E-state index < -0.39 is 0 Å². The van der Waals surface area contributed by atoms with Gasteiger partial charge in [-0.1, -0.05) is 0 Å². The zero-order valence-corrected chi connectivity index (χ0v) is 9.13. The number of carbonyl (C=O) groups is 1. The number of pyridine rings is 1. The van der Waals surface area contributed by atoms with Gasteiger partial charge in [0, 0.05) is 37.1 Å². The summed E-state index contributed by atoms with van der Waals surface area (Å²) in [5, 5.41) is 4.13. The highest BCUT2D eigenvalue weighted by Crippen LogP contribution is 2.05. The zero-order valence-electron chi connectivity index (χ0n) is 9.13. The molecule has 0 aliphatic heterocycles. The van der Waals surface area contributed by atoms with Gasteiger partial charge in [-0.2, -0.15) is 5.10 Å². The van der Waals surface area contributed by atoms with Crippen LogP contribution in [0.5, 0.6) is 0 Å². The van der Waals surface area contributed by atoms with E-state index >= 15 is 0 Å². The SMILES string of the molecule is CCn1cc(CC(=O)c2ccncc2)cn1. The highest BCUT2D eigenvalue weighted by atomic mass is 16.1. The fourth-order valence-corrected chi connectivity index (χ4v) is 1.50. The van der Waals surface area contributed by atoms with Gasteiger partial charge in [0.15, 0.2) is 5.78 Å². The van der Waals surface area contributed by atoms with Crippen LogP contribution in [0.15, 0.2) is 36.9 Å². The number of ketones is 1. The number of nitrogens with zero attached hydrogens (tertiary/aromatic N) is 3. The second-order valence-corrected chi connectivity index (χ2v) is 3.54. The van der Waals surface area contributed by atoms with Crippen molar-refractivity contribution in [1.29, 1.82) is 0 Å². The molecule has 0 aliphatic rings. The number of aryl methyl sites for hydroxylation is 1. The molecule has 0 bridgehead atoms. The maximum atomic E-state index is 11.8. The summed E-state index contributed by atoms with van der Waals surface area (Å²) in [6.45, 7) is 2.84. The first-order chi connectivity index (χ1) is 7.79. The molecule has 0 radical (unpaired) electrons. The molecule has 0 aromatic carbocycles. The quantitative estimate of drug-likeness (QED) is 0.730. The lowest BCUT2D eigenvalue weighted by molar-refractivity contribution is 0.0993. The van der Waals surface area contributed by atoms with Crippen LogP contribution in [0, 0.1) is 0 Å². The molecule has 4 heteroatoms. The van der Waals surface area contributed by atoms with E-state index in [0.717, 1.165) is 12.1 Å². The Labute approximate surface area is 93.9 Å². The predicted molar refractivity (Wildman–Crippen MR) is 60.2 cm³/mol. The monoisotopic (exact) mass is 215 g/mol. The lowest BCUT2D eigenvalue weighted by Gasteiger charge is -1.97. The Balaban J connectivity index is 2.08. The van der Waals surface area contributed by atoms with Crippen LogP contribution in [-0.2, 0) is 13.0 Å². The first-order valence-electron chi connectivity index (χ1n) is 5.24. The maximum absolute atomic E-state index is 11.8. The van der Waals surface area contributed by atoms with E-state index in [-0.39, 0.29) is 5.78 Å². The Bertz CT molecular complexity index is 476. The van der Waals surface area contributed by atoms with Gasteiger partial charge in [0.25, 0.3) is 0 Å². The lowest BCUT2D eigenvalue weighted by Crippen LogP contribution is -2.02. The molecule has 16 heavy (non-hydrogen) atoms. The molecule has 0 fully saturated rings. The van der Waals surface area contributed by atoms with Gasteiger partial charge >= 0.3 is 0 Å². The molecule has 0 N–H and O–H groups in total. The molecule has 0 aliphatic carbocycles. The van der Waals surface area contributed by atoms with Crippen molar-refractivity contribution in [1.82, 2.24) is 14.8 Å². The summed E-state index contributed by atoms with van der Waals surface area (Å²) in [5.41, 5.74) is 1.64. The number of aromatic nitrogens is 3. The van der Waals surface area contributed by atoms with Gasteiger partial charge in [-0.15, -0.1) is 0 Å². The van der Waals surface area contributed by atoms with Gasteiger partial charge in [-0.3, -0.25) is 14.5 Å².